The fourth-order valence-electron chi connectivity index (χ4n) is 2.51. The molecule has 0 aromatic heterocycles. The summed E-state index contributed by atoms with van der Waals surface area (Å²) < 4.78 is 0. The van der Waals surface area contributed by atoms with Crippen LogP contribution in [0.3, 0.4) is 0 Å². The van der Waals surface area contributed by atoms with Gasteiger partial charge in [0.1, 0.15) is 0 Å². The van der Waals surface area contributed by atoms with Crippen LogP contribution < -0.4 is 16.0 Å². The molecule has 0 unspecified atom stereocenters. The van der Waals surface area contributed by atoms with Gasteiger partial charge in [-0.05, 0) is 38.0 Å². The Morgan fingerprint density at radius 1 is 1.45 bits per heavy atom. The van der Waals surface area contributed by atoms with Crippen LogP contribution in [0.2, 0.25) is 0 Å². The Morgan fingerprint density at radius 3 is 2.85 bits per heavy atom. The number of nitrogen functional groups attached to an aromatic ring is 1. The molecule has 0 bridgehead atoms. The minimum absolute atomic E-state index is 0.0369. The van der Waals surface area contributed by atoms with Gasteiger partial charge in [0.05, 0.1) is 23.9 Å². The predicted octanol–water partition coefficient (Wildman–Crippen LogP) is 2.28. The van der Waals surface area contributed by atoms with Crippen LogP contribution in [0.25, 0.3) is 0 Å². The Labute approximate surface area is 119 Å². The second kappa shape index (κ2) is 5.83. The minimum atomic E-state index is 0.0369. The third-order valence-corrected chi connectivity index (χ3v) is 3.55. The summed E-state index contributed by atoms with van der Waals surface area (Å²) >= 11 is 0. The SMILES string of the molecule is CC(C)N(CCC#N)c1cc2c(cc1N)NC(=O)CC2. The molecule has 1 heterocycles. The summed E-state index contributed by atoms with van der Waals surface area (Å²) in [5, 5.41) is 11.6. The number of hydrogen-bond donors (Lipinski definition) is 2. The van der Waals surface area contributed by atoms with E-state index in [1.54, 1.807) is 0 Å². The molecule has 1 aromatic rings. The highest BCUT2D eigenvalue weighted by molar-refractivity contribution is 5.95. The number of rotatable bonds is 4. The number of aryl methyl sites for hydroxylation is 1. The second-order valence-electron chi connectivity index (χ2n) is 5.31. The standard InChI is InChI=1S/C15H20N4O/c1-10(2)19(7-3-6-16)14-8-11-4-5-15(20)18-13(11)9-12(14)17/h8-10H,3-5,7,17H2,1-2H3,(H,18,20). The molecule has 2 rings (SSSR count). The number of nitrogens with two attached hydrogens (primary N) is 1. The van der Waals surface area contributed by atoms with Gasteiger partial charge in [0.15, 0.2) is 0 Å². The van der Waals surface area contributed by atoms with Crippen LogP contribution in [0, 0.1) is 11.3 Å². The quantitative estimate of drug-likeness (QED) is 0.824. The summed E-state index contributed by atoms with van der Waals surface area (Å²) in [5.41, 5.74) is 9.63. The maximum absolute atomic E-state index is 11.4. The average molecular weight is 272 g/mol. The van der Waals surface area contributed by atoms with E-state index in [0.29, 0.717) is 25.1 Å². The number of anilines is 3. The van der Waals surface area contributed by atoms with Crippen molar-refractivity contribution in [1.29, 1.82) is 5.26 Å². The molecule has 0 spiro atoms. The molecule has 0 fully saturated rings. The number of benzene rings is 1. The van der Waals surface area contributed by atoms with Crippen molar-refractivity contribution in [2.45, 2.75) is 39.2 Å². The number of nitriles is 1. The summed E-state index contributed by atoms with van der Waals surface area (Å²) in [4.78, 5) is 13.5. The lowest BCUT2D eigenvalue weighted by Gasteiger charge is -2.31. The molecule has 1 amide bonds. The molecule has 1 aliphatic heterocycles. The van der Waals surface area contributed by atoms with Crippen molar-refractivity contribution in [3.63, 3.8) is 0 Å². The number of hydrogen-bond acceptors (Lipinski definition) is 4. The van der Waals surface area contributed by atoms with Gasteiger partial charge < -0.3 is 16.0 Å². The first-order valence-electron chi connectivity index (χ1n) is 6.88. The molecule has 5 heteroatoms. The monoisotopic (exact) mass is 272 g/mol. The zero-order valence-electron chi connectivity index (χ0n) is 11.9. The van der Waals surface area contributed by atoms with E-state index >= 15 is 0 Å². The number of carbonyl (C=O) groups is 1. The van der Waals surface area contributed by atoms with Gasteiger partial charge in [0.2, 0.25) is 5.91 Å². The van der Waals surface area contributed by atoms with Crippen molar-refractivity contribution in [3.05, 3.63) is 17.7 Å². The van der Waals surface area contributed by atoms with Crippen LogP contribution in [0.15, 0.2) is 12.1 Å². The fraction of sp³-hybridized carbons (Fsp3) is 0.467. The van der Waals surface area contributed by atoms with Crippen molar-refractivity contribution in [2.75, 3.05) is 22.5 Å². The number of nitrogens with one attached hydrogen (secondary N) is 1. The lowest BCUT2D eigenvalue weighted by atomic mass is 10.0. The van der Waals surface area contributed by atoms with Gasteiger partial charge in [-0.15, -0.1) is 0 Å². The van der Waals surface area contributed by atoms with E-state index < -0.39 is 0 Å². The van der Waals surface area contributed by atoms with Crippen molar-refractivity contribution >= 4 is 23.0 Å². The van der Waals surface area contributed by atoms with E-state index in [1.165, 1.54) is 0 Å². The van der Waals surface area contributed by atoms with Crippen LogP contribution in [0.5, 0.6) is 0 Å². The summed E-state index contributed by atoms with van der Waals surface area (Å²) in [6.45, 7) is 4.82. The van der Waals surface area contributed by atoms with Crippen molar-refractivity contribution in [2.24, 2.45) is 0 Å². The maximum Gasteiger partial charge on any atom is 0.224 e. The lowest BCUT2D eigenvalue weighted by molar-refractivity contribution is -0.116. The zero-order chi connectivity index (χ0) is 14.7. The Kier molecular flexibility index (Phi) is 4.14. The molecular weight excluding hydrogens is 252 g/mol. The summed E-state index contributed by atoms with van der Waals surface area (Å²) in [6, 6.07) is 6.30. The molecule has 3 N–H and O–H groups in total. The largest absolute Gasteiger partial charge is 0.397 e. The van der Waals surface area contributed by atoms with Gasteiger partial charge >= 0.3 is 0 Å². The summed E-state index contributed by atoms with van der Waals surface area (Å²) in [6.07, 6.45) is 1.71. The van der Waals surface area contributed by atoms with Crippen molar-refractivity contribution in [1.82, 2.24) is 0 Å². The Hall–Kier alpha value is -2.22. The fourth-order valence-corrected chi connectivity index (χ4v) is 2.51. The van der Waals surface area contributed by atoms with Crippen LogP contribution in [0.1, 0.15) is 32.3 Å². The lowest BCUT2D eigenvalue weighted by Crippen LogP contribution is -2.32. The number of carbonyl (C=O) groups excluding carboxylic acids is 1. The van der Waals surface area contributed by atoms with Gasteiger partial charge in [0.25, 0.3) is 0 Å². The molecule has 0 atom stereocenters. The molecular formula is C15H20N4O. The normalized spacial score (nSPS) is 13.6. The van der Waals surface area contributed by atoms with Gasteiger partial charge in [-0.1, -0.05) is 0 Å². The molecule has 1 aromatic carbocycles. The van der Waals surface area contributed by atoms with E-state index in [9.17, 15) is 4.79 Å². The minimum Gasteiger partial charge on any atom is -0.397 e. The van der Waals surface area contributed by atoms with Crippen molar-refractivity contribution < 1.29 is 4.79 Å². The number of nitrogens with zero attached hydrogens (tertiary/aromatic N) is 2. The zero-order valence-corrected chi connectivity index (χ0v) is 11.9. The second-order valence-corrected chi connectivity index (χ2v) is 5.31. The maximum atomic E-state index is 11.4. The van der Waals surface area contributed by atoms with E-state index in [1.807, 2.05) is 12.1 Å². The predicted molar refractivity (Wildman–Crippen MR) is 80.5 cm³/mol. The van der Waals surface area contributed by atoms with Gasteiger partial charge in [0, 0.05) is 24.7 Å². The smallest absolute Gasteiger partial charge is 0.224 e. The first-order chi connectivity index (χ1) is 9.52. The molecule has 20 heavy (non-hydrogen) atoms. The van der Waals surface area contributed by atoms with Gasteiger partial charge in [-0.25, -0.2) is 0 Å². The molecule has 0 aliphatic carbocycles. The van der Waals surface area contributed by atoms with Crippen LogP contribution >= 0.6 is 0 Å². The topological polar surface area (TPSA) is 82.2 Å². The third kappa shape index (κ3) is 2.85. The van der Waals surface area contributed by atoms with E-state index in [4.69, 9.17) is 11.0 Å². The molecule has 106 valence electrons. The molecule has 0 saturated carbocycles. The van der Waals surface area contributed by atoms with E-state index in [-0.39, 0.29) is 11.9 Å². The first-order valence-corrected chi connectivity index (χ1v) is 6.88. The third-order valence-electron chi connectivity index (χ3n) is 3.55. The highest BCUT2D eigenvalue weighted by atomic mass is 16.1. The number of amides is 1. The van der Waals surface area contributed by atoms with E-state index in [2.05, 4.69) is 30.1 Å². The average Bonchev–Trinajstić information content (AvgIpc) is 2.39. The Balaban J connectivity index is 2.36. The highest BCUT2D eigenvalue weighted by Gasteiger charge is 2.20. The van der Waals surface area contributed by atoms with Crippen LogP contribution in [0.4, 0.5) is 17.1 Å². The summed E-state index contributed by atoms with van der Waals surface area (Å²) in [5.74, 6) is 0.0369. The Morgan fingerprint density at radius 2 is 2.20 bits per heavy atom. The molecule has 0 radical (unpaired) electrons. The van der Waals surface area contributed by atoms with Gasteiger partial charge in [-0.2, -0.15) is 5.26 Å². The van der Waals surface area contributed by atoms with Crippen LogP contribution in [-0.4, -0.2) is 18.5 Å². The Bertz CT molecular complexity index is 560. The van der Waals surface area contributed by atoms with E-state index in [0.717, 1.165) is 23.4 Å². The highest BCUT2D eigenvalue weighted by Crippen LogP contribution is 2.34. The number of fused-ring (bicyclic) bond motifs is 1. The molecule has 1 aliphatic rings. The first kappa shape index (κ1) is 14.2. The van der Waals surface area contributed by atoms with Crippen LogP contribution in [-0.2, 0) is 11.2 Å². The summed E-state index contributed by atoms with van der Waals surface area (Å²) in [7, 11) is 0. The molecule has 5 nitrogen and oxygen atoms in total. The van der Waals surface area contributed by atoms with Gasteiger partial charge in [-0.3, -0.25) is 4.79 Å². The molecule has 0 saturated heterocycles. The van der Waals surface area contributed by atoms with Crippen molar-refractivity contribution in [3.8, 4) is 6.07 Å².